The summed E-state index contributed by atoms with van der Waals surface area (Å²) in [5, 5.41) is 13.8. The molecule has 0 saturated carbocycles. The van der Waals surface area contributed by atoms with E-state index in [2.05, 4.69) is 25.4 Å². The van der Waals surface area contributed by atoms with Gasteiger partial charge in [0.15, 0.2) is 5.82 Å². The topological polar surface area (TPSA) is 107 Å². The van der Waals surface area contributed by atoms with Crippen LogP contribution in [0, 0.1) is 0 Å². The first-order valence-corrected chi connectivity index (χ1v) is 13.2. The molecule has 4 aromatic rings. The number of methoxy groups -OCH3 is 2. The summed E-state index contributed by atoms with van der Waals surface area (Å²) in [6, 6.07) is 15.0. The van der Waals surface area contributed by atoms with Gasteiger partial charge in [-0.3, -0.25) is 9.69 Å². The number of hydrogen-bond donors (Lipinski definition) is 1. The van der Waals surface area contributed by atoms with Gasteiger partial charge in [0.25, 0.3) is 5.56 Å². The van der Waals surface area contributed by atoms with E-state index in [1.54, 1.807) is 14.2 Å². The summed E-state index contributed by atoms with van der Waals surface area (Å²) >= 11 is 0. The standard InChI is InChI=1S/C29H36N6O4/c1-29(2,3)35-27(31-32-33-35)26(24-16-20-15-22(38-5)12-13-25(20)30-28(24)36)34(18-23-7-6-14-39-23)17-19-8-10-21(37-4)11-9-19/h8-13,15-16,23,26H,6-7,14,17-18H2,1-5H3,(H,30,36)/t23-,26+/m0/s1. The summed E-state index contributed by atoms with van der Waals surface area (Å²) in [4.78, 5) is 19.1. The van der Waals surface area contributed by atoms with Crippen LogP contribution in [0.2, 0.25) is 0 Å². The second-order valence-corrected chi connectivity index (χ2v) is 10.9. The zero-order chi connectivity index (χ0) is 27.6. The molecule has 0 aliphatic carbocycles. The highest BCUT2D eigenvalue weighted by Gasteiger charge is 2.35. The number of nitrogens with one attached hydrogen (secondary N) is 1. The van der Waals surface area contributed by atoms with E-state index >= 15 is 0 Å². The van der Waals surface area contributed by atoms with Crippen LogP contribution in [0.5, 0.6) is 11.5 Å². The van der Waals surface area contributed by atoms with Crippen molar-refractivity contribution < 1.29 is 14.2 Å². The smallest absolute Gasteiger partial charge is 0.253 e. The zero-order valence-corrected chi connectivity index (χ0v) is 23.2. The van der Waals surface area contributed by atoms with Crippen molar-refractivity contribution in [1.82, 2.24) is 30.1 Å². The number of fused-ring (bicyclic) bond motifs is 1. The third kappa shape index (κ3) is 5.81. The van der Waals surface area contributed by atoms with Gasteiger partial charge >= 0.3 is 0 Å². The highest BCUT2D eigenvalue weighted by Crippen LogP contribution is 2.32. The predicted molar refractivity (Wildman–Crippen MR) is 148 cm³/mol. The molecule has 0 radical (unpaired) electrons. The van der Waals surface area contributed by atoms with Crippen LogP contribution in [0.1, 0.15) is 56.6 Å². The number of hydrogen-bond acceptors (Lipinski definition) is 8. The monoisotopic (exact) mass is 532 g/mol. The highest BCUT2D eigenvalue weighted by molar-refractivity contribution is 5.80. The van der Waals surface area contributed by atoms with Crippen molar-refractivity contribution in [2.75, 3.05) is 27.4 Å². The van der Waals surface area contributed by atoms with Crippen molar-refractivity contribution in [3.63, 3.8) is 0 Å². The number of aromatic nitrogens is 5. The lowest BCUT2D eigenvalue weighted by Gasteiger charge is -2.34. The van der Waals surface area contributed by atoms with Crippen LogP contribution in [0.3, 0.4) is 0 Å². The number of benzene rings is 2. The first-order valence-electron chi connectivity index (χ1n) is 13.2. The average Bonchev–Trinajstić information content (AvgIpc) is 3.62. The van der Waals surface area contributed by atoms with Crippen LogP contribution in [0.25, 0.3) is 10.9 Å². The molecule has 1 fully saturated rings. The first kappa shape index (κ1) is 26.8. The fourth-order valence-corrected chi connectivity index (χ4v) is 5.15. The molecule has 2 aromatic carbocycles. The molecule has 1 saturated heterocycles. The number of H-pyrrole nitrogens is 1. The molecule has 1 aliphatic rings. The maximum Gasteiger partial charge on any atom is 0.253 e. The third-order valence-electron chi connectivity index (χ3n) is 7.12. The SMILES string of the molecule is COc1ccc(CN(C[C@@H]2CCCO2)[C@H](c2cc3cc(OC)ccc3[nH]c2=O)c2nnnn2C(C)(C)C)cc1. The van der Waals surface area contributed by atoms with Gasteiger partial charge in [0.2, 0.25) is 0 Å². The fraction of sp³-hybridized carbons (Fsp3) is 0.448. The lowest BCUT2D eigenvalue weighted by molar-refractivity contribution is 0.0564. The molecule has 1 aliphatic heterocycles. The van der Waals surface area contributed by atoms with Crippen molar-refractivity contribution in [1.29, 1.82) is 0 Å². The normalized spacial score (nSPS) is 16.6. The molecule has 39 heavy (non-hydrogen) atoms. The zero-order valence-electron chi connectivity index (χ0n) is 23.2. The Morgan fingerprint density at radius 2 is 1.85 bits per heavy atom. The van der Waals surface area contributed by atoms with E-state index in [0.717, 1.165) is 41.7 Å². The minimum Gasteiger partial charge on any atom is -0.497 e. The van der Waals surface area contributed by atoms with Crippen molar-refractivity contribution in [3.8, 4) is 11.5 Å². The van der Waals surface area contributed by atoms with E-state index in [1.165, 1.54) is 0 Å². The molecule has 5 rings (SSSR count). The number of ether oxygens (including phenoxy) is 3. The summed E-state index contributed by atoms with van der Waals surface area (Å²) in [7, 11) is 3.29. The summed E-state index contributed by atoms with van der Waals surface area (Å²) in [5.41, 5.74) is 1.78. The number of rotatable bonds is 9. The summed E-state index contributed by atoms with van der Waals surface area (Å²) in [6.07, 6.45) is 2.02. The molecule has 3 heterocycles. The van der Waals surface area contributed by atoms with Crippen molar-refractivity contribution in [3.05, 3.63) is 75.8 Å². The van der Waals surface area contributed by atoms with Gasteiger partial charge in [-0.15, -0.1) is 5.10 Å². The predicted octanol–water partition coefficient (Wildman–Crippen LogP) is 4.06. The number of nitrogens with zero attached hydrogens (tertiary/aromatic N) is 5. The highest BCUT2D eigenvalue weighted by atomic mass is 16.5. The van der Waals surface area contributed by atoms with E-state index in [0.29, 0.717) is 30.2 Å². The average molecular weight is 533 g/mol. The van der Waals surface area contributed by atoms with E-state index in [-0.39, 0.29) is 11.7 Å². The second-order valence-electron chi connectivity index (χ2n) is 10.9. The summed E-state index contributed by atoms with van der Waals surface area (Å²) in [5.74, 6) is 2.10. The maximum atomic E-state index is 13.7. The lowest BCUT2D eigenvalue weighted by atomic mass is 10.00. The van der Waals surface area contributed by atoms with Gasteiger partial charge in [-0.1, -0.05) is 12.1 Å². The molecule has 0 spiro atoms. The molecule has 2 atom stereocenters. The molecule has 10 nitrogen and oxygen atoms in total. The van der Waals surface area contributed by atoms with Crippen molar-refractivity contribution >= 4 is 10.9 Å². The molecule has 10 heteroatoms. The first-order chi connectivity index (χ1) is 18.8. The minimum atomic E-state index is -0.537. The molecule has 0 bridgehead atoms. The van der Waals surface area contributed by atoms with Gasteiger partial charge in [-0.05, 0) is 86.0 Å². The van der Waals surface area contributed by atoms with Gasteiger partial charge < -0.3 is 19.2 Å². The number of pyridine rings is 1. The molecular weight excluding hydrogens is 496 g/mol. The van der Waals surface area contributed by atoms with Gasteiger partial charge in [-0.2, -0.15) is 0 Å². The van der Waals surface area contributed by atoms with Crippen LogP contribution in [-0.2, 0) is 16.8 Å². The summed E-state index contributed by atoms with van der Waals surface area (Å²) in [6.45, 7) is 8.06. The van der Waals surface area contributed by atoms with Crippen LogP contribution in [-0.4, -0.2) is 63.6 Å². The van der Waals surface area contributed by atoms with E-state index < -0.39 is 11.6 Å². The molecule has 0 amide bonds. The maximum absolute atomic E-state index is 13.7. The Morgan fingerprint density at radius 3 is 2.51 bits per heavy atom. The molecule has 2 aromatic heterocycles. The molecule has 206 valence electrons. The Kier molecular flexibility index (Phi) is 7.67. The van der Waals surface area contributed by atoms with Gasteiger partial charge in [-0.25, -0.2) is 4.68 Å². The third-order valence-corrected chi connectivity index (χ3v) is 7.12. The van der Waals surface area contributed by atoms with Crippen LogP contribution in [0.4, 0.5) is 0 Å². The molecule has 0 unspecified atom stereocenters. The van der Waals surface area contributed by atoms with Crippen LogP contribution < -0.4 is 15.0 Å². The lowest BCUT2D eigenvalue weighted by Crippen LogP contribution is -2.40. The van der Waals surface area contributed by atoms with Crippen LogP contribution in [0.15, 0.2) is 53.3 Å². The Balaban J connectivity index is 1.68. The number of aromatic amines is 1. The quantitative estimate of drug-likeness (QED) is 0.344. The van der Waals surface area contributed by atoms with Gasteiger partial charge in [0, 0.05) is 36.2 Å². The van der Waals surface area contributed by atoms with Gasteiger partial charge in [0.05, 0.1) is 25.9 Å². The van der Waals surface area contributed by atoms with Gasteiger partial charge in [0.1, 0.15) is 17.5 Å². The summed E-state index contributed by atoms with van der Waals surface area (Å²) < 4.78 is 18.7. The van der Waals surface area contributed by atoms with Crippen molar-refractivity contribution in [2.45, 2.75) is 57.8 Å². The van der Waals surface area contributed by atoms with E-state index in [9.17, 15) is 4.79 Å². The Hall–Kier alpha value is -3.76. The minimum absolute atomic E-state index is 0.0457. The molecular formula is C29H36N6O4. The molecule has 1 N–H and O–H groups in total. The van der Waals surface area contributed by atoms with Crippen molar-refractivity contribution in [2.24, 2.45) is 0 Å². The Bertz CT molecular complexity index is 1470. The second kappa shape index (κ2) is 11.2. The number of tetrazole rings is 1. The van der Waals surface area contributed by atoms with E-state index in [4.69, 9.17) is 14.2 Å². The van der Waals surface area contributed by atoms with E-state index in [1.807, 2.05) is 74.0 Å². The largest absolute Gasteiger partial charge is 0.497 e. The Morgan fingerprint density at radius 1 is 1.10 bits per heavy atom. The Labute approximate surface area is 227 Å². The fourth-order valence-electron chi connectivity index (χ4n) is 5.15. The van der Waals surface area contributed by atoms with Crippen LogP contribution >= 0.6 is 0 Å².